The number of hydrogen-bond acceptors (Lipinski definition) is 2. The lowest BCUT2D eigenvalue weighted by Crippen LogP contribution is -2.07. The molecule has 0 aliphatic heterocycles. The van der Waals surface area contributed by atoms with Gasteiger partial charge < -0.3 is 10.7 Å². The fraction of sp³-hybridized carbons (Fsp3) is 0.222. The fourth-order valence-electron chi connectivity index (χ4n) is 1.31. The lowest BCUT2D eigenvalue weighted by atomic mass is 10.2. The highest BCUT2D eigenvalue weighted by molar-refractivity contribution is 5.31. The van der Waals surface area contributed by atoms with Gasteiger partial charge in [0.25, 0.3) is 0 Å². The molecule has 0 bridgehead atoms. The first kappa shape index (κ1) is 7.91. The van der Waals surface area contributed by atoms with Gasteiger partial charge >= 0.3 is 0 Å². The topological polar surface area (TPSA) is 59.6 Å². The number of nitrogen functional groups attached to an aromatic ring is 1. The summed E-state index contributed by atoms with van der Waals surface area (Å²) in [6.07, 6.45) is 5.38. The first-order valence-electron chi connectivity index (χ1n) is 4.20. The van der Waals surface area contributed by atoms with E-state index in [1.165, 1.54) is 0 Å². The summed E-state index contributed by atoms with van der Waals surface area (Å²) < 4.78 is 1.83. The number of H-pyrrole nitrogens is 1. The molecule has 3 N–H and O–H groups in total. The van der Waals surface area contributed by atoms with Crippen molar-refractivity contribution in [3.63, 3.8) is 0 Å². The number of anilines is 1. The van der Waals surface area contributed by atoms with Crippen LogP contribution in [0.15, 0.2) is 30.7 Å². The van der Waals surface area contributed by atoms with Gasteiger partial charge in [0, 0.05) is 18.1 Å². The van der Waals surface area contributed by atoms with Gasteiger partial charge in [-0.15, -0.1) is 0 Å². The largest absolute Gasteiger partial charge is 0.396 e. The van der Waals surface area contributed by atoms with Crippen LogP contribution in [0.5, 0.6) is 0 Å². The number of nitrogens with two attached hydrogens (primary N) is 1. The summed E-state index contributed by atoms with van der Waals surface area (Å²) in [5, 5.41) is 4.14. The van der Waals surface area contributed by atoms with Crippen molar-refractivity contribution in [2.45, 2.75) is 13.0 Å². The Balaban J connectivity index is 2.28. The van der Waals surface area contributed by atoms with Crippen LogP contribution in [0, 0.1) is 0 Å². The van der Waals surface area contributed by atoms with Crippen LogP contribution in [0.3, 0.4) is 0 Å². The smallest absolute Gasteiger partial charge is 0.0889 e. The van der Waals surface area contributed by atoms with Gasteiger partial charge in [-0.3, -0.25) is 4.68 Å². The maximum Gasteiger partial charge on any atom is 0.0889 e. The SMILES string of the molecule is CC(c1ccc[nH]1)n1cc(N)cn1. The lowest BCUT2D eigenvalue weighted by Gasteiger charge is -2.09. The highest BCUT2D eigenvalue weighted by atomic mass is 15.3. The molecular weight excluding hydrogens is 164 g/mol. The minimum Gasteiger partial charge on any atom is -0.396 e. The average molecular weight is 176 g/mol. The molecule has 13 heavy (non-hydrogen) atoms. The van der Waals surface area contributed by atoms with Crippen LogP contribution in [-0.2, 0) is 0 Å². The van der Waals surface area contributed by atoms with Crippen LogP contribution in [0.1, 0.15) is 18.7 Å². The van der Waals surface area contributed by atoms with Gasteiger partial charge in [-0.25, -0.2) is 0 Å². The van der Waals surface area contributed by atoms with E-state index < -0.39 is 0 Å². The normalized spacial score (nSPS) is 13.0. The van der Waals surface area contributed by atoms with E-state index in [9.17, 15) is 0 Å². The van der Waals surface area contributed by atoms with Crippen LogP contribution in [0.25, 0.3) is 0 Å². The van der Waals surface area contributed by atoms with Crippen LogP contribution in [0.4, 0.5) is 5.69 Å². The highest BCUT2D eigenvalue weighted by Gasteiger charge is 2.08. The van der Waals surface area contributed by atoms with Crippen molar-refractivity contribution < 1.29 is 0 Å². The van der Waals surface area contributed by atoms with Crippen molar-refractivity contribution in [2.75, 3.05) is 5.73 Å². The summed E-state index contributed by atoms with van der Waals surface area (Å²) >= 11 is 0. The second-order valence-electron chi connectivity index (χ2n) is 3.06. The Kier molecular flexibility index (Phi) is 1.81. The average Bonchev–Trinajstić information content (AvgIpc) is 2.72. The molecule has 2 aromatic rings. The van der Waals surface area contributed by atoms with E-state index in [2.05, 4.69) is 17.0 Å². The molecule has 0 amide bonds. The van der Waals surface area contributed by atoms with E-state index in [0.717, 1.165) is 5.69 Å². The van der Waals surface area contributed by atoms with E-state index >= 15 is 0 Å². The van der Waals surface area contributed by atoms with Gasteiger partial charge in [0.05, 0.1) is 17.9 Å². The Morgan fingerprint density at radius 1 is 1.62 bits per heavy atom. The number of nitrogens with zero attached hydrogens (tertiary/aromatic N) is 2. The molecule has 0 aliphatic rings. The van der Waals surface area contributed by atoms with Crippen molar-refractivity contribution in [3.05, 3.63) is 36.4 Å². The predicted molar refractivity (Wildman–Crippen MR) is 51.2 cm³/mol. The summed E-state index contributed by atoms with van der Waals surface area (Å²) in [4.78, 5) is 3.14. The molecule has 4 heteroatoms. The van der Waals surface area contributed by atoms with Crippen molar-refractivity contribution in [2.24, 2.45) is 0 Å². The van der Waals surface area contributed by atoms with Crippen molar-refractivity contribution in [1.29, 1.82) is 0 Å². The second kappa shape index (κ2) is 2.97. The first-order chi connectivity index (χ1) is 6.27. The zero-order chi connectivity index (χ0) is 9.26. The molecule has 4 nitrogen and oxygen atoms in total. The number of nitrogens with one attached hydrogen (secondary N) is 1. The second-order valence-corrected chi connectivity index (χ2v) is 3.06. The molecule has 1 unspecified atom stereocenters. The van der Waals surface area contributed by atoms with Crippen molar-refractivity contribution >= 4 is 5.69 Å². The molecule has 2 heterocycles. The van der Waals surface area contributed by atoms with E-state index in [1.54, 1.807) is 6.20 Å². The Morgan fingerprint density at radius 2 is 2.46 bits per heavy atom. The number of rotatable bonds is 2. The highest BCUT2D eigenvalue weighted by Crippen LogP contribution is 2.15. The molecule has 68 valence electrons. The molecule has 0 aromatic carbocycles. The monoisotopic (exact) mass is 176 g/mol. The maximum atomic E-state index is 5.58. The van der Waals surface area contributed by atoms with Crippen LogP contribution < -0.4 is 5.73 Å². The number of aromatic amines is 1. The quantitative estimate of drug-likeness (QED) is 0.726. The maximum absolute atomic E-state index is 5.58. The molecule has 2 rings (SSSR count). The molecule has 1 atom stereocenters. The van der Waals surface area contributed by atoms with E-state index in [1.807, 2.05) is 29.2 Å². The van der Waals surface area contributed by atoms with E-state index in [0.29, 0.717) is 5.69 Å². The summed E-state index contributed by atoms with van der Waals surface area (Å²) in [7, 11) is 0. The molecule has 0 spiro atoms. The first-order valence-corrected chi connectivity index (χ1v) is 4.20. The van der Waals surface area contributed by atoms with Gasteiger partial charge in [0.2, 0.25) is 0 Å². The Morgan fingerprint density at radius 3 is 3.00 bits per heavy atom. The summed E-state index contributed by atoms with van der Waals surface area (Å²) in [5.41, 5.74) is 7.40. The van der Waals surface area contributed by atoms with Crippen LogP contribution >= 0.6 is 0 Å². The molecule has 0 radical (unpaired) electrons. The number of hydrogen-bond donors (Lipinski definition) is 2. The third kappa shape index (κ3) is 1.42. The zero-order valence-electron chi connectivity index (χ0n) is 7.44. The van der Waals surface area contributed by atoms with Crippen molar-refractivity contribution in [1.82, 2.24) is 14.8 Å². The Hall–Kier alpha value is -1.71. The summed E-state index contributed by atoms with van der Waals surface area (Å²) in [6, 6.07) is 4.20. The van der Waals surface area contributed by atoms with Crippen LogP contribution in [0.2, 0.25) is 0 Å². The fourth-order valence-corrected chi connectivity index (χ4v) is 1.31. The third-order valence-corrected chi connectivity index (χ3v) is 2.09. The molecule has 0 saturated heterocycles. The third-order valence-electron chi connectivity index (χ3n) is 2.09. The number of aromatic nitrogens is 3. The van der Waals surface area contributed by atoms with Gasteiger partial charge in [-0.05, 0) is 19.1 Å². The molecule has 2 aromatic heterocycles. The molecule has 0 fully saturated rings. The minimum atomic E-state index is 0.201. The van der Waals surface area contributed by atoms with Gasteiger partial charge in [0.15, 0.2) is 0 Å². The predicted octanol–water partition coefficient (Wildman–Crippen LogP) is 1.40. The molecule has 0 aliphatic carbocycles. The minimum absolute atomic E-state index is 0.201. The molecular formula is C9H12N4. The Bertz CT molecular complexity index is 374. The summed E-state index contributed by atoms with van der Waals surface area (Å²) in [5.74, 6) is 0. The lowest BCUT2D eigenvalue weighted by molar-refractivity contribution is 0.554. The van der Waals surface area contributed by atoms with E-state index in [-0.39, 0.29) is 6.04 Å². The van der Waals surface area contributed by atoms with Gasteiger partial charge in [-0.2, -0.15) is 5.10 Å². The van der Waals surface area contributed by atoms with Gasteiger partial charge in [-0.1, -0.05) is 0 Å². The summed E-state index contributed by atoms with van der Waals surface area (Å²) in [6.45, 7) is 2.07. The van der Waals surface area contributed by atoms with Gasteiger partial charge in [0.1, 0.15) is 0 Å². The Labute approximate surface area is 76.4 Å². The van der Waals surface area contributed by atoms with Crippen LogP contribution in [-0.4, -0.2) is 14.8 Å². The zero-order valence-corrected chi connectivity index (χ0v) is 7.44. The molecule has 0 saturated carbocycles. The van der Waals surface area contributed by atoms with Crippen molar-refractivity contribution in [3.8, 4) is 0 Å². The van der Waals surface area contributed by atoms with E-state index in [4.69, 9.17) is 5.73 Å². The standard InChI is InChI=1S/C9H12N4/c1-7(9-3-2-4-11-9)13-6-8(10)5-12-13/h2-7,11H,10H2,1H3.